The summed E-state index contributed by atoms with van der Waals surface area (Å²) >= 11 is 0. The van der Waals surface area contributed by atoms with Crippen molar-refractivity contribution in [3.05, 3.63) is 0 Å². The molecule has 0 spiro atoms. The maximum atomic E-state index is 5.71. The average Bonchev–Trinajstić information content (AvgIpc) is 2.30. The number of hydrogen-bond donors (Lipinski definition) is 0. The Hall–Kier alpha value is -0.0301. The maximum absolute atomic E-state index is 5.71. The van der Waals surface area contributed by atoms with E-state index in [0.29, 0.717) is 0 Å². The minimum absolute atomic E-state index is 0.164. The predicted molar refractivity (Wildman–Crippen MR) is 60.8 cm³/mol. The fraction of sp³-hybridized carbons (Fsp3) is 1.00. The highest BCUT2D eigenvalue weighted by Gasteiger charge is 2.51. The quantitative estimate of drug-likeness (QED) is 0.573. The van der Waals surface area contributed by atoms with E-state index in [0.717, 1.165) is 39.3 Å². The van der Waals surface area contributed by atoms with Crippen LogP contribution in [0.3, 0.4) is 0 Å². The van der Waals surface area contributed by atoms with E-state index in [2.05, 4.69) is 13.8 Å². The highest BCUT2D eigenvalue weighted by molar-refractivity contribution is 7.10. The van der Waals surface area contributed by atoms with Gasteiger partial charge < -0.3 is 18.6 Å². The Kier molecular flexibility index (Phi) is 2.59. The third-order valence-electron chi connectivity index (χ3n) is 3.94. The van der Waals surface area contributed by atoms with Gasteiger partial charge in [-0.1, -0.05) is 13.8 Å². The Morgan fingerprint density at radius 3 is 1.31 bits per heavy atom. The third-order valence-corrected chi connectivity index (χ3v) is 3.94. The summed E-state index contributed by atoms with van der Waals surface area (Å²) in [6.45, 7) is 7.47. The minimum Gasteiger partial charge on any atom is -0.413 e. The van der Waals surface area contributed by atoms with E-state index in [-0.39, 0.29) is 24.8 Å². The molecule has 5 aliphatic heterocycles. The van der Waals surface area contributed by atoms with Crippen LogP contribution in [0.5, 0.6) is 0 Å². The van der Waals surface area contributed by atoms with Gasteiger partial charge in [0, 0.05) is 37.3 Å². The van der Waals surface area contributed by atoms with E-state index < -0.39 is 0 Å². The first-order valence-electron chi connectivity index (χ1n) is 6.05. The molecule has 6 heteroatoms. The van der Waals surface area contributed by atoms with Crippen LogP contribution in [0.4, 0.5) is 0 Å². The van der Waals surface area contributed by atoms with Gasteiger partial charge in [0.25, 0.3) is 0 Å². The van der Waals surface area contributed by atoms with Crippen molar-refractivity contribution >= 4 is 14.0 Å². The average molecular weight is 224 g/mol. The topological polar surface area (TPSA) is 36.9 Å². The molecule has 0 saturated carbocycles. The molecule has 0 radical (unpaired) electrons. The number of hydrogen-bond acceptors (Lipinski definition) is 4. The molecular formula is C10H18B2O4. The molecule has 4 bridgehead atoms. The molecule has 88 valence electrons. The zero-order valence-electron chi connectivity index (χ0n) is 10.0. The molecule has 0 aromatic rings. The van der Waals surface area contributed by atoms with Crippen LogP contribution in [0.1, 0.15) is 26.7 Å². The molecule has 5 saturated heterocycles. The Labute approximate surface area is 97.2 Å². The van der Waals surface area contributed by atoms with Crippen LogP contribution in [0.2, 0.25) is 0 Å². The second-order valence-corrected chi connectivity index (χ2v) is 6.10. The van der Waals surface area contributed by atoms with Gasteiger partial charge in [0.15, 0.2) is 0 Å². The SMILES string of the molecule is CC12CCC3(C)COB(OC3)B(OC1)OC2. The van der Waals surface area contributed by atoms with Crippen molar-refractivity contribution in [2.24, 2.45) is 10.8 Å². The zero-order valence-corrected chi connectivity index (χ0v) is 10.0. The summed E-state index contributed by atoms with van der Waals surface area (Å²) < 4.78 is 22.8. The molecule has 4 nitrogen and oxygen atoms in total. The Morgan fingerprint density at radius 2 is 1.00 bits per heavy atom. The summed E-state index contributed by atoms with van der Waals surface area (Å²) in [6, 6.07) is 0. The first-order chi connectivity index (χ1) is 7.59. The Bertz CT molecular complexity index is 242. The summed E-state index contributed by atoms with van der Waals surface area (Å²) in [6.07, 6.45) is 2.21. The monoisotopic (exact) mass is 224 g/mol. The molecule has 0 unspecified atom stereocenters. The van der Waals surface area contributed by atoms with Crippen LogP contribution in [-0.2, 0) is 18.6 Å². The second-order valence-electron chi connectivity index (χ2n) is 6.10. The van der Waals surface area contributed by atoms with Crippen molar-refractivity contribution in [2.45, 2.75) is 26.7 Å². The van der Waals surface area contributed by atoms with Crippen LogP contribution >= 0.6 is 0 Å². The molecule has 5 rings (SSSR count). The van der Waals surface area contributed by atoms with Gasteiger partial charge in [-0.05, 0) is 12.8 Å². The summed E-state index contributed by atoms with van der Waals surface area (Å²) in [4.78, 5) is 0. The molecule has 5 aliphatic rings. The van der Waals surface area contributed by atoms with E-state index in [1.54, 1.807) is 0 Å². The highest BCUT2D eigenvalue weighted by Crippen LogP contribution is 2.38. The third kappa shape index (κ3) is 1.92. The zero-order chi connectivity index (χ0) is 11.2. The van der Waals surface area contributed by atoms with Gasteiger partial charge >= 0.3 is 14.0 Å². The molecule has 0 aromatic carbocycles. The van der Waals surface area contributed by atoms with E-state index in [9.17, 15) is 0 Å². The standard InChI is InChI=1S/C10H18B2O4/c1-9-3-4-10(2)7-15-12(16-8-10)11(13-5-9)14-6-9/h3-8H2,1-2H3. The van der Waals surface area contributed by atoms with Gasteiger partial charge in [0.1, 0.15) is 0 Å². The lowest BCUT2D eigenvalue weighted by Gasteiger charge is -2.45. The Balaban J connectivity index is 1.82. The first kappa shape index (κ1) is 11.1. The minimum atomic E-state index is -0.337. The lowest BCUT2D eigenvalue weighted by Crippen LogP contribution is -2.58. The normalized spacial score (nSPS) is 43.9. The van der Waals surface area contributed by atoms with Gasteiger partial charge in [-0.3, -0.25) is 0 Å². The van der Waals surface area contributed by atoms with Crippen molar-refractivity contribution in [1.29, 1.82) is 0 Å². The molecule has 16 heavy (non-hydrogen) atoms. The van der Waals surface area contributed by atoms with Crippen LogP contribution < -0.4 is 0 Å². The number of fused-ring (bicyclic) bond motifs is 2. The molecule has 0 aromatic heterocycles. The molecule has 0 atom stereocenters. The smallest absolute Gasteiger partial charge is 0.413 e. The van der Waals surface area contributed by atoms with Crippen LogP contribution in [0, 0.1) is 10.8 Å². The molecule has 0 N–H and O–H groups in total. The van der Waals surface area contributed by atoms with Crippen molar-refractivity contribution in [3.8, 4) is 0 Å². The van der Waals surface area contributed by atoms with E-state index in [1.165, 1.54) is 0 Å². The fourth-order valence-corrected chi connectivity index (χ4v) is 2.52. The summed E-state index contributed by atoms with van der Waals surface area (Å²) in [7, 11) is -0.675. The van der Waals surface area contributed by atoms with E-state index >= 15 is 0 Å². The first-order valence-corrected chi connectivity index (χ1v) is 6.05. The largest absolute Gasteiger partial charge is 0.488 e. The fourth-order valence-electron chi connectivity index (χ4n) is 2.52. The van der Waals surface area contributed by atoms with Gasteiger partial charge in [-0.15, -0.1) is 0 Å². The lowest BCUT2D eigenvalue weighted by molar-refractivity contribution is -0.0425. The van der Waals surface area contributed by atoms with Gasteiger partial charge in [0.05, 0.1) is 0 Å². The summed E-state index contributed by atoms with van der Waals surface area (Å²) in [5, 5.41) is 0. The summed E-state index contributed by atoms with van der Waals surface area (Å²) in [5.74, 6) is 0. The van der Waals surface area contributed by atoms with Gasteiger partial charge in [-0.2, -0.15) is 0 Å². The predicted octanol–water partition coefficient (Wildman–Crippen LogP) is 0.941. The van der Waals surface area contributed by atoms with Crippen molar-refractivity contribution in [1.82, 2.24) is 0 Å². The Morgan fingerprint density at radius 1 is 0.688 bits per heavy atom. The van der Waals surface area contributed by atoms with Gasteiger partial charge in [0.2, 0.25) is 0 Å². The van der Waals surface area contributed by atoms with Crippen LogP contribution in [-0.4, -0.2) is 40.4 Å². The lowest BCUT2D eigenvalue weighted by atomic mass is 9.46. The highest BCUT2D eigenvalue weighted by atomic mass is 16.7. The molecular weight excluding hydrogens is 206 g/mol. The number of rotatable bonds is 0. The molecule has 0 amide bonds. The van der Waals surface area contributed by atoms with Crippen LogP contribution in [0.25, 0.3) is 0 Å². The van der Waals surface area contributed by atoms with Gasteiger partial charge in [-0.25, -0.2) is 0 Å². The second kappa shape index (κ2) is 3.73. The van der Waals surface area contributed by atoms with Crippen LogP contribution in [0.15, 0.2) is 0 Å². The molecule has 5 fully saturated rings. The molecule has 0 aliphatic carbocycles. The van der Waals surface area contributed by atoms with Crippen molar-refractivity contribution < 1.29 is 18.6 Å². The summed E-state index contributed by atoms with van der Waals surface area (Å²) in [5.41, 5.74) is 0.327. The van der Waals surface area contributed by atoms with E-state index in [1.807, 2.05) is 0 Å². The molecule has 5 heterocycles. The van der Waals surface area contributed by atoms with Crippen molar-refractivity contribution in [3.63, 3.8) is 0 Å². The maximum Gasteiger partial charge on any atom is 0.488 e. The van der Waals surface area contributed by atoms with Crippen molar-refractivity contribution in [2.75, 3.05) is 26.4 Å². The van der Waals surface area contributed by atoms with E-state index in [4.69, 9.17) is 18.6 Å².